The monoisotopic (exact) mass is 943 g/mol. The molecule has 69 heavy (non-hydrogen) atoms. The lowest BCUT2D eigenvalue weighted by atomic mass is 9.67. The highest BCUT2D eigenvalue weighted by atomic mass is 16.5. The van der Waals surface area contributed by atoms with Crippen molar-refractivity contribution < 1.29 is 19.6 Å². The quantitative estimate of drug-likeness (QED) is 0.0421. The number of aliphatic hydroxyl groups is 1. The van der Waals surface area contributed by atoms with Gasteiger partial charge in [-0.3, -0.25) is 9.48 Å². The summed E-state index contributed by atoms with van der Waals surface area (Å²) in [5.74, 6) is 2.57. The third kappa shape index (κ3) is 12.5. The lowest BCUT2D eigenvalue weighted by Crippen LogP contribution is -2.40. The molecule has 9 rings (SSSR count). The molecule has 18 heteroatoms. The highest BCUT2D eigenvalue weighted by Crippen LogP contribution is 2.51. The van der Waals surface area contributed by atoms with Crippen molar-refractivity contribution in [1.82, 2.24) is 50.1 Å². The number of nitrogens with zero attached hydrogens (tertiary/aromatic N) is 10. The summed E-state index contributed by atoms with van der Waals surface area (Å²) in [5, 5.41) is 32.2. The zero-order valence-corrected chi connectivity index (χ0v) is 41.1. The first-order valence-electron chi connectivity index (χ1n) is 23.9. The molecule has 6 heterocycles. The van der Waals surface area contributed by atoms with E-state index in [1.54, 1.807) is 41.9 Å². The minimum Gasteiger partial charge on any atom is -0.411 e. The summed E-state index contributed by atoms with van der Waals surface area (Å²) in [7, 11) is 1.00. The van der Waals surface area contributed by atoms with Crippen LogP contribution in [0.25, 0.3) is 33.7 Å². The zero-order valence-electron chi connectivity index (χ0n) is 41.1. The number of hydrogen-bond donors (Lipinski definition) is 6. The Labute approximate surface area is 405 Å². The second-order valence-electron chi connectivity index (χ2n) is 18.8. The molecule has 4 aromatic heterocycles. The van der Waals surface area contributed by atoms with E-state index in [1.807, 2.05) is 17.0 Å². The van der Waals surface area contributed by atoms with Crippen LogP contribution < -0.4 is 22.5 Å². The van der Waals surface area contributed by atoms with Gasteiger partial charge in [-0.2, -0.15) is 10.1 Å². The van der Waals surface area contributed by atoms with Crippen LogP contribution in [0.3, 0.4) is 0 Å². The average Bonchev–Trinajstić information content (AvgIpc) is 3.67. The van der Waals surface area contributed by atoms with Crippen molar-refractivity contribution >= 4 is 23.5 Å². The van der Waals surface area contributed by atoms with Crippen LogP contribution in [0.2, 0.25) is 0 Å². The Kier molecular flexibility index (Phi) is 17.7. The Balaban J connectivity index is 0.000000204. The first kappa shape index (κ1) is 51.8. The minimum atomic E-state index is -0.375. The van der Waals surface area contributed by atoms with Gasteiger partial charge >= 0.3 is 0 Å². The fourth-order valence-corrected chi connectivity index (χ4v) is 8.96. The number of aliphatic hydroxyl groups excluding tert-OH is 1. The molecule has 368 valence electrons. The fourth-order valence-electron chi connectivity index (χ4n) is 8.96. The number of hydrogen-bond acceptors (Lipinski definition) is 16. The second-order valence-corrected chi connectivity index (χ2v) is 18.8. The van der Waals surface area contributed by atoms with Gasteiger partial charge in [0.15, 0.2) is 5.82 Å². The molecule has 0 radical (unpaired) electrons. The molecule has 3 fully saturated rings. The van der Waals surface area contributed by atoms with Gasteiger partial charge in [-0.25, -0.2) is 19.9 Å². The number of amides is 1. The third-order valence-corrected chi connectivity index (χ3v) is 13.6. The molecule has 1 amide bonds. The van der Waals surface area contributed by atoms with Gasteiger partial charge in [0, 0.05) is 73.8 Å². The summed E-state index contributed by atoms with van der Waals surface area (Å²) in [6.07, 6.45) is 17.0. The number of benzene rings is 2. The Hall–Kier alpha value is -6.63. The van der Waals surface area contributed by atoms with Crippen molar-refractivity contribution in [3.63, 3.8) is 0 Å². The molecule has 3 aliphatic rings. The highest BCUT2D eigenvalue weighted by molar-refractivity contribution is 5.96. The number of likely N-dealkylation sites (tertiary alicyclic amines) is 1. The number of nitrogen functional groups attached to an aromatic ring is 2. The number of anilines is 2. The molecule has 0 spiro atoms. The maximum Gasteiger partial charge on any atom is 0.261 e. The molecular weight excluding hydrogens is 873 g/mol. The van der Waals surface area contributed by atoms with Crippen LogP contribution in [0.15, 0.2) is 95.4 Å². The number of nitrogens with one attached hydrogen (secondary N) is 1. The van der Waals surface area contributed by atoms with Crippen LogP contribution >= 0.6 is 0 Å². The Bertz CT molecular complexity index is 2550. The van der Waals surface area contributed by atoms with Crippen LogP contribution in [-0.4, -0.2) is 106 Å². The molecule has 1 unspecified atom stereocenters. The standard InChI is InChI=1S/C26H28N8O2.C19H26N4O.C5H12N2.CH4O/c1-26(21-8-9-21,20-6-4-17(5-7-20)18-12-28-25(27)29-13-18)24-31-23(36-32-24)19-14-30-34(15-19)16-22(35)33-10-2-3-11-33;1-12(2)17(23-24)19(5,13(3)4)16-8-6-14(7-9-16)15-10-21-18(20)22-11-15;6-5-1-3-7-4-2-5;1-2/h4-7,12-15,21H,2-3,8-11,16H2,1H3,(H2,27,28,29);6-13,24H,1-5H3,(H2,20,21,22);5,7H,1-4,6H2;2H,1H3/b;23-17+;;/t26-;;;/m0.../s1. The summed E-state index contributed by atoms with van der Waals surface area (Å²) >= 11 is 0. The Morgan fingerprint density at radius 2 is 1.30 bits per heavy atom. The molecule has 1 aliphatic carbocycles. The van der Waals surface area contributed by atoms with Crippen molar-refractivity contribution in [3.8, 4) is 33.7 Å². The van der Waals surface area contributed by atoms with E-state index < -0.39 is 0 Å². The van der Waals surface area contributed by atoms with E-state index in [9.17, 15) is 10.0 Å². The molecule has 6 aromatic rings. The van der Waals surface area contributed by atoms with Gasteiger partial charge in [0.2, 0.25) is 17.8 Å². The number of piperidine rings is 1. The van der Waals surface area contributed by atoms with Crippen LogP contribution in [0, 0.1) is 17.8 Å². The minimum absolute atomic E-state index is 0.0867. The zero-order chi connectivity index (χ0) is 49.7. The van der Waals surface area contributed by atoms with Gasteiger partial charge in [0.1, 0.15) is 6.54 Å². The molecule has 2 aliphatic heterocycles. The SMILES string of the molecule is CC(C)/C(=N\O)C(C)(c1ccc(-c2cnc(N)nc2)cc1)C(C)C.CO.C[C@@](c1ccc(-c2cnc(N)nc2)cc1)(c1noc(-c2cnn(CC(=O)N3CCCC3)c2)n1)C1CC1.NC1CCNCC1. The van der Waals surface area contributed by atoms with Crippen molar-refractivity contribution in [3.05, 3.63) is 103 Å². The molecule has 18 nitrogen and oxygen atoms in total. The number of nitrogens with two attached hydrogens (primary N) is 3. The predicted molar refractivity (Wildman–Crippen MR) is 269 cm³/mol. The number of rotatable bonds is 12. The Morgan fingerprint density at radius 1 is 0.783 bits per heavy atom. The molecule has 2 atom stereocenters. The average molecular weight is 943 g/mol. The largest absolute Gasteiger partial charge is 0.411 e. The van der Waals surface area contributed by atoms with Gasteiger partial charge in [-0.05, 0) is 105 Å². The maximum absolute atomic E-state index is 12.5. The van der Waals surface area contributed by atoms with Crippen molar-refractivity contribution in [1.29, 1.82) is 0 Å². The number of carbonyl (C=O) groups is 1. The van der Waals surface area contributed by atoms with E-state index in [-0.39, 0.29) is 47.0 Å². The summed E-state index contributed by atoms with van der Waals surface area (Å²) in [6.45, 7) is 16.8. The molecule has 2 saturated heterocycles. The Morgan fingerprint density at radius 3 is 1.75 bits per heavy atom. The summed E-state index contributed by atoms with van der Waals surface area (Å²) < 4.78 is 7.32. The van der Waals surface area contributed by atoms with Gasteiger partial charge in [0.25, 0.3) is 5.89 Å². The lowest BCUT2D eigenvalue weighted by molar-refractivity contribution is -0.130. The first-order valence-corrected chi connectivity index (χ1v) is 23.9. The topological polar surface area (TPSA) is 272 Å². The molecule has 0 bridgehead atoms. The van der Waals surface area contributed by atoms with Crippen molar-refractivity contribution in [2.75, 3.05) is 44.8 Å². The third-order valence-electron chi connectivity index (χ3n) is 13.6. The van der Waals surface area contributed by atoms with E-state index in [1.165, 1.54) is 0 Å². The summed E-state index contributed by atoms with van der Waals surface area (Å²) in [6, 6.07) is 17.1. The highest BCUT2D eigenvalue weighted by Gasteiger charge is 2.47. The molecule has 2 aromatic carbocycles. The normalized spacial score (nSPS) is 16.9. The lowest BCUT2D eigenvalue weighted by Gasteiger charge is -2.37. The van der Waals surface area contributed by atoms with E-state index in [2.05, 4.69) is 119 Å². The summed E-state index contributed by atoms with van der Waals surface area (Å²) in [5.41, 5.74) is 23.7. The van der Waals surface area contributed by atoms with Crippen LogP contribution in [0.1, 0.15) is 97.0 Å². The molecule has 9 N–H and O–H groups in total. The van der Waals surface area contributed by atoms with E-state index >= 15 is 0 Å². The summed E-state index contributed by atoms with van der Waals surface area (Å²) in [4.78, 5) is 35.4. The number of aromatic nitrogens is 8. The number of carbonyl (C=O) groups excluding carboxylic acids is 1. The fraction of sp³-hybridized carbons (Fsp3) is 0.471. The van der Waals surface area contributed by atoms with Gasteiger partial charge in [-0.15, -0.1) is 0 Å². The number of oxime groups is 1. The van der Waals surface area contributed by atoms with Crippen LogP contribution in [0.4, 0.5) is 11.9 Å². The van der Waals surface area contributed by atoms with Crippen LogP contribution in [0.5, 0.6) is 0 Å². The van der Waals surface area contributed by atoms with E-state index in [4.69, 9.17) is 31.8 Å². The van der Waals surface area contributed by atoms with Gasteiger partial charge in [-0.1, -0.05) is 86.5 Å². The van der Waals surface area contributed by atoms with E-state index in [0.29, 0.717) is 29.2 Å². The van der Waals surface area contributed by atoms with Crippen molar-refractivity contribution in [2.24, 2.45) is 28.6 Å². The van der Waals surface area contributed by atoms with Gasteiger partial charge < -0.3 is 42.3 Å². The molecule has 1 saturated carbocycles. The van der Waals surface area contributed by atoms with Crippen molar-refractivity contribution in [2.45, 2.75) is 103 Å². The second kappa shape index (κ2) is 23.6. The molecular formula is C51H70N14O4. The van der Waals surface area contributed by atoms with Crippen LogP contribution in [-0.2, 0) is 22.2 Å². The predicted octanol–water partition coefficient (Wildman–Crippen LogP) is 6.74. The van der Waals surface area contributed by atoms with Gasteiger partial charge in [0.05, 0.1) is 22.9 Å². The maximum atomic E-state index is 12.5. The smallest absolute Gasteiger partial charge is 0.261 e. The first-order chi connectivity index (χ1) is 33.2. The van der Waals surface area contributed by atoms with E-state index in [0.717, 1.165) is 111 Å².